The third-order valence-electron chi connectivity index (χ3n) is 4.75. The predicted octanol–water partition coefficient (Wildman–Crippen LogP) is 2.62. The molecule has 2 amide bonds. The Kier molecular flexibility index (Phi) is 9.46. The topological polar surface area (TPSA) is 121 Å². The fourth-order valence-corrected chi connectivity index (χ4v) is 3.54. The number of nitrogens with two attached hydrogens (primary N) is 2. The molecule has 8 nitrogen and oxygen atoms in total. The van der Waals surface area contributed by atoms with Gasteiger partial charge in [0.05, 0.1) is 12.1 Å². The molecule has 0 aliphatic carbocycles. The predicted molar refractivity (Wildman–Crippen MR) is 125 cm³/mol. The van der Waals surface area contributed by atoms with Gasteiger partial charge < -0.3 is 21.1 Å². The van der Waals surface area contributed by atoms with Gasteiger partial charge in [0, 0.05) is 28.7 Å². The lowest BCUT2D eigenvalue weighted by molar-refractivity contribution is -0.107. The van der Waals surface area contributed by atoms with Crippen molar-refractivity contribution in [2.45, 2.75) is 19.1 Å². The summed E-state index contributed by atoms with van der Waals surface area (Å²) in [5.74, 6) is 0. The van der Waals surface area contributed by atoms with Crippen LogP contribution in [0.5, 0.6) is 0 Å². The van der Waals surface area contributed by atoms with Gasteiger partial charge in [0.15, 0.2) is 0 Å². The maximum absolute atomic E-state index is 12.0. The van der Waals surface area contributed by atoms with Crippen LogP contribution >= 0.6 is 11.6 Å². The largest absolute Gasteiger partial charge is 0.372 e. The second kappa shape index (κ2) is 12.3. The third kappa shape index (κ3) is 6.19. The summed E-state index contributed by atoms with van der Waals surface area (Å²) in [5.41, 5.74) is 11.4. The highest BCUT2D eigenvalue weighted by molar-refractivity contribution is 6.30. The third-order valence-corrected chi connectivity index (χ3v) is 5.00. The zero-order valence-electron chi connectivity index (χ0n) is 17.5. The lowest BCUT2D eigenvalue weighted by atomic mass is 10.0. The lowest BCUT2D eigenvalue weighted by Gasteiger charge is -2.27. The molecule has 0 bridgehead atoms. The van der Waals surface area contributed by atoms with Gasteiger partial charge in [0.25, 0.3) is 5.56 Å². The number of hydrogen-bond donors (Lipinski definition) is 2. The lowest BCUT2D eigenvalue weighted by Crippen LogP contribution is -2.26. The van der Waals surface area contributed by atoms with Crippen molar-refractivity contribution >= 4 is 30.1 Å². The Morgan fingerprint density at radius 3 is 2.06 bits per heavy atom. The van der Waals surface area contributed by atoms with Crippen molar-refractivity contribution in [3.05, 3.63) is 93.9 Å². The number of halogens is 1. The summed E-state index contributed by atoms with van der Waals surface area (Å²) in [7, 11) is 0. The zero-order valence-corrected chi connectivity index (χ0v) is 18.3. The molecule has 0 spiro atoms. The number of aromatic nitrogens is 1. The molecule has 168 valence electrons. The molecule has 1 aliphatic heterocycles. The number of ether oxygens (including phenoxy) is 1. The molecule has 1 saturated heterocycles. The van der Waals surface area contributed by atoms with Crippen LogP contribution in [0.4, 0.5) is 5.69 Å². The van der Waals surface area contributed by atoms with Crippen molar-refractivity contribution in [2.24, 2.45) is 11.5 Å². The molecule has 3 aromatic rings. The number of nitrogens with zero attached hydrogens (tertiary/aromatic N) is 2. The molecule has 2 atom stereocenters. The highest BCUT2D eigenvalue weighted by atomic mass is 35.5. The molecule has 0 saturated carbocycles. The Morgan fingerprint density at radius 1 is 0.938 bits per heavy atom. The van der Waals surface area contributed by atoms with Crippen LogP contribution in [0.3, 0.4) is 0 Å². The SMILES string of the molecule is C[C@@H]1OCN(c2ccc(Cl)cc2)[C@@H]1c1ccc(-n2ccccc2=O)cc1.NC=O.NC=O. The summed E-state index contributed by atoms with van der Waals surface area (Å²) in [5, 5.41) is 0.719. The van der Waals surface area contributed by atoms with E-state index in [1.807, 2.05) is 42.5 Å². The number of benzene rings is 2. The molecule has 0 unspecified atom stereocenters. The van der Waals surface area contributed by atoms with Crippen LogP contribution in [-0.2, 0) is 14.3 Å². The van der Waals surface area contributed by atoms with Crippen LogP contribution in [0, 0.1) is 0 Å². The average Bonchev–Trinajstić information content (AvgIpc) is 3.17. The Labute approximate surface area is 191 Å². The number of primary amides is 2. The molecule has 32 heavy (non-hydrogen) atoms. The van der Waals surface area contributed by atoms with E-state index in [0.717, 1.165) is 22.0 Å². The number of carbonyl (C=O) groups excluding carboxylic acids is 2. The first-order valence-electron chi connectivity index (χ1n) is 9.69. The Hall–Kier alpha value is -3.62. The monoisotopic (exact) mass is 456 g/mol. The molecular weight excluding hydrogens is 432 g/mol. The summed E-state index contributed by atoms with van der Waals surface area (Å²) < 4.78 is 7.52. The molecule has 2 aromatic carbocycles. The van der Waals surface area contributed by atoms with Crippen molar-refractivity contribution in [3.8, 4) is 5.69 Å². The van der Waals surface area contributed by atoms with Crippen LogP contribution < -0.4 is 21.9 Å². The number of anilines is 1. The highest BCUT2D eigenvalue weighted by Crippen LogP contribution is 2.36. The number of carbonyl (C=O) groups is 2. The zero-order chi connectivity index (χ0) is 23.5. The van der Waals surface area contributed by atoms with Crippen molar-refractivity contribution in [1.29, 1.82) is 0 Å². The summed E-state index contributed by atoms with van der Waals surface area (Å²) in [6.07, 6.45) is 2.34. The first-order chi connectivity index (χ1) is 15.5. The fraction of sp³-hybridized carbons (Fsp3) is 0.174. The molecule has 9 heteroatoms. The first kappa shape index (κ1) is 24.6. The van der Waals surface area contributed by atoms with E-state index in [-0.39, 0.29) is 30.5 Å². The summed E-state index contributed by atoms with van der Waals surface area (Å²) in [6.45, 7) is 2.61. The first-order valence-corrected chi connectivity index (χ1v) is 10.1. The average molecular weight is 457 g/mol. The van der Waals surface area contributed by atoms with Crippen molar-refractivity contribution in [1.82, 2.24) is 4.57 Å². The smallest absolute Gasteiger partial charge is 0.255 e. The van der Waals surface area contributed by atoms with E-state index < -0.39 is 0 Å². The molecule has 2 heterocycles. The van der Waals surface area contributed by atoms with Gasteiger partial charge in [0.1, 0.15) is 6.73 Å². The minimum Gasteiger partial charge on any atom is -0.372 e. The summed E-state index contributed by atoms with van der Waals surface area (Å²) >= 11 is 6.01. The second-order valence-electron chi connectivity index (χ2n) is 6.66. The van der Waals surface area contributed by atoms with E-state index in [4.69, 9.17) is 25.9 Å². The van der Waals surface area contributed by atoms with Crippen LogP contribution in [0.2, 0.25) is 5.02 Å². The molecule has 0 radical (unpaired) electrons. The molecular formula is C23H25ClN4O4. The van der Waals surface area contributed by atoms with Crippen LogP contribution in [-0.4, -0.2) is 30.2 Å². The molecule has 1 aromatic heterocycles. The fourth-order valence-electron chi connectivity index (χ4n) is 3.41. The van der Waals surface area contributed by atoms with Gasteiger partial charge in [-0.05, 0) is 55.0 Å². The Morgan fingerprint density at radius 2 is 1.50 bits per heavy atom. The van der Waals surface area contributed by atoms with Gasteiger partial charge in [-0.2, -0.15) is 0 Å². The maximum atomic E-state index is 12.0. The van der Waals surface area contributed by atoms with Gasteiger partial charge in [-0.3, -0.25) is 19.0 Å². The molecule has 4 rings (SSSR count). The standard InChI is InChI=1S/C21H19ClN2O2.2CH3NO/c1-15-21(24(14-26-15)19-11-7-17(22)8-12-19)16-5-9-18(10-6-16)23-13-3-2-4-20(23)25;2*2-1-3/h2-13,15,21H,14H2,1H3;2*1H,(H2,2,3)/t15-,21-;;/m0../s1. The van der Waals surface area contributed by atoms with Gasteiger partial charge in [-0.15, -0.1) is 0 Å². The number of amides is 2. The van der Waals surface area contributed by atoms with E-state index in [1.165, 1.54) is 0 Å². The van der Waals surface area contributed by atoms with Gasteiger partial charge in [0.2, 0.25) is 12.8 Å². The number of hydrogen-bond acceptors (Lipinski definition) is 5. The van der Waals surface area contributed by atoms with E-state index in [2.05, 4.69) is 35.4 Å². The second-order valence-corrected chi connectivity index (χ2v) is 7.10. The quantitative estimate of drug-likeness (QED) is 0.587. The number of pyridine rings is 1. The van der Waals surface area contributed by atoms with Gasteiger partial charge in [-0.1, -0.05) is 29.8 Å². The molecule has 1 aliphatic rings. The minimum atomic E-state index is -0.0411. The van der Waals surface area contributed by atoms with Crippen LogP contribution in [0.15, 0.2) is 77.7 Å². The molecule has 1 fully saturated rings. The maximum Gasteiger partial charge on any atom is 0.255 e. The van der Waals surface area contributed by atoms with E-state index in [9.17, 15) is 4.79 Å². The minimum absolute atomic E-state index is 0.0411. The van der Waals surface area contributed by atoms with Gasteiger partial charge in [-0.25, -0.2) is 0 Å². The van der Waals surface area contributed by atoms with Crippen molar-refractivity contribution < 1.29 is 14.3 Å². The van der Waals surface area contributed by atoms with Crippen LogP contribution in [0.25, 0.3) is 5.69 Å². The van der Waals surface area contributed by atoms with Crippen molar-refractivity contribution in [3.63, 3.8) is 0 Å². The molecule has 4 N–H and O–H groups in total. The Balaban J connectivity index is 0.000000547. The van der Waals surface area contributed by atoms with Crippen molar-refractivity contribution in [2.75, 3.05) is 11.6 Å². The summed E-state index contributed by atoms with van der Waals surface area (Å²) in [4.78, 5) is 31.4. The van der Waals surface area contributed by atoms with E-state index in [0.29, 0.717) is 6.73 Å². The van der Waals surface area contributed by atoms with E-state index in [1.54, 1.807) is 22.9 Å². The highest BCUT2D eigenvalue weighted by Gasteiger charge is 2.33. The van der Waals surface area contributed by atoms with E-state index >= 15 is 0 Å². The summed E-state index contributed by atoms with van der Waals surface area (Å²) in [6, 6.07) is 21.1. The van der Waals surface area contributed by atoms with Crippen LogP contribution in [0.1, 0.15) is 18.5 Å². The Bertz CT molecular complexity index is 1050. The normalized spacial score (nSPS) is 16.8. The van der Waals surface area contributed by atoms with Gasteiger partial charge >= 0.3 is 0 Å². The number of rotatable bonds is 3.